The van der Waals surface area contributed by atoms with E-state index in [2.05, 4.69) is 48.4 Å². The molecule has 0 spiro atoms. The fourth-order valence-corrected chi connectivity index (χ4v) is 4.49. The first-order chi connectivity index (χ1) is 13.1. The van der Waals surface area contributed by atoms with Crippen LogP contribution in [0.2, 0.25) is 0 Å². The average Bonchev–Trinajstić information content (AvgIpc) is 3.09. The summed E-state index contributed by atoms with van der Waals surface area (Å²) in [5, 5.41) is 11.3. The van der Waals surface area contributed by atoms with Crippen LogP contribution in [0, 0.1) is 19.8 Å². The van der Waals surface area contributed by atoms with Gasteiger partial charge in [0.25, 0.3) is 0 Å². The Labute approximate surface area is 165 Å². The standard InChI is InChI=1S/C22H27NO3S/c1-16-6-3-4-8-19(16)20(21-17(2)9-13-27-21)15-26-12-11-23-10-5-7-18(14-23)22(24)25/h3-4,6,8-9,13,15,18H,5,7,10-12,14H2,1-2H3,(H,24,25). The lowest BCUT2D eigenvalue weighted by atomic mass is 9.98. The normalized spacial score (nSPS) is 18.4. The van der Waals surface area contributed by atoms with Crippen molar-refractivity contribution in [3.05, 3.63) is 63.5 Å². The number of aliphatic carboxylic acids is 1. The third kappa shape index (κ3) is 4.99. The molecule has 2 heterocycles. The summed E-state index contributed by atoms with van der Waals surface area (Å²) in [7, 11) is 0. The Morgan fingerprint density at radius 2 is 2.11 bits per heavy atom. The van der Waals surface area contributed by atoms with Gasteiger partial charge in [-0.2, -0.15) is 0 Å². The van der Waals surface area contributed by atoms with Gasteiger partial charge in [-0.25, -0.2) is 0 Å². The average molecular weight is 386 g/mol. The van der Waals surface area contributed by atoms with Crippen LogP contribution in [0.3, 0.4) is 0 Å². The van der Waals surface area contributed by atoms with Crippen LogP contribution in [0.4, 0.5) is 0 Å². The highest BCUT2D eigenvalue weighted by Gasteiger charge is 2.24. The van der Waals surface area contributed by atoms with Gasteiger partial charge in [-0.1, -0.05) is 24.3 Å². The van der Waals surface area contributed by atoms with E-state index in [9.17, 15) is 9.90 Å². The van der Waals surface area contributed by atoms with E-state index in [0.717, 1.165) is 31.5 Å². The van der Waals surface area contributed by atoms with Gasteiger partial charge in [0.15, 0.2) is 0 Å². The minimum Gasteiger partial charge on any atom is -0.499 e. The summed E-state index contributed by atoms with van der Waals surface area (Å²) in [5.74, 6) is -0.930. The monoisotopic (exact) mass is 385 g/mol. The molecule has 27 heavy (non-hydrogen) atoms. The van der Waals surface area contributed by atoms with E-state index in [-0.39, 0.29) is 5.92 Å². The smallest absolute Gasteiger partial charge is 0.307 e. The van der Waals surface area contributed by atoms with Crippen molar-refractivity contribution in [2.24, 2.45) is 5.92 Å². The van der Waals surface area contributed by atoms with Crippen LogP contribution >= 0.6 is 11.3 Å². The Bertz CT molecular complexity index is 811. The molecular formula is C22H27NO3S. The van der Waals surface area contributed by atoms with Gasteiger partial charge in [0.1, 0.15) is 6.61 Å². The summed E-state index contributed by atoms with van der Waals surface area (Å²) in [6, 6.07) is 10.5. The van der Waals surface area contributed by atoms with Gasteiger partial charge < -0.3 is 9.84 Å². The lowest BCUT2D eigenvalue weighted by Crippen LogP contribution is -2.40. The summed E-state index contributed by atoms with van der Waals surface area (Å²) in [4.78, 5) is 14.6. The third-order valence-electron chi connectivity index (χ3n) is 5.12. The molecule has 0 amide bonds. The summed E-state index contributed by atoms with van der Waals surface area (Å²) in [6.07, 6.45) is 3.59. The highest BCUT2D eigenvalue weighted by molar-refractivity contribution is 7.11. The second-order valence-electron chi connectivity index (χ2n) is 7.13. The maximum Gasteiger partial charge on any atom is 0.307 e. The molecule has 1 aliphatic heterocycles. The second-order valence-corrected chi connectivity index (χ2v) is 8.04. The van der Waals surface area contributed by atoms with E-state index in [1.54, 1.807) is 11.3 Å². The Morgan fingerprint density at radius 3 is 2.81 bits per heavy atom. The molecule has 1 atom stereocenters. The van der Waals surface area contributed by atoms with Crippen molar-refractivity contribution >= 4 is 22.9 Å². The number of carboxylic acids is 1. The minimum atomic E-state index is -0.685. The number of piperidine rings is 1. The largest absolute Gasteiger partial charge is 0.499 e. The number of rotatable bonds is 7. The van der Waals surface area contributed by atoms with E-state index in [0.29, 0.717) is 13.2 Å². The van der Waals surface area contributed by atoms with Crippen molar-refractivity contribution in [2.45, 2.75) is 26.7 Å². The van der Waals surface area contributed by atoms with E-state index in [1.165, 1.54) is 21.6 Å². The van der Waals surface area contributed by atoms with Crippen LogP contribution in [-0.2, 0) is 9.53 Å². The topological polar surface area (TPSA) is 49.8 Å². The van der Waals surface area contributed by atoms with Crippen molar-refractivity contribution < 1.29 is 14.6 Å². The summed E-state index contributed by atoms with van der Waals surface area (Å²) >= 11 is 1.73. The van der Waals surface area contributed by atoms with Gasteiger partial charge in [-0.3, -0.25) is 9.69 Å². The molecular weight excluding hydrogens is 358 g/mol. The van der Waals surface area contributed by atoms with Crippen molar-refractivity contribution in [2.75, 3.05) is 26.2 Å². The molecule has 1 N–H and O–H groups in total. The number of ether oxygens (including phenoxy) is 1. The first-order valence-electron chi connectivity index (χ1n) is 9.43. The Morgan fingerprint density at radius 1 is 1.30 bits per heavy atom. The number of aryl methyl sites for hydroxylation is 2. The molecule has 3 rings (SSSR count). The van der Waals surface area contributed by atoms with E-state index < -0.39 is 5.97 Å². The molecule has 1 unspecified atom stereocenters. The maximum absolute atomic E-state index is 11.2. The number of hydrogen-bond donors (Lipinski definition) is 1. The van der Waals surface area contributed by atoms with Crippen molar-refractivity contribution in [1.29, 1.82) is 0 Å². The van der Waals surface area contributed by atoms with Gasteiger partial charge in [0.2, 0.25) is 0 Å². The number of carbonyl (C=O) groups is 1. The fourth-order valence-electron chi connectivity index (χ4n) is 3.55. The number of hydrogen-bond acceptors (Lipinski definition) is 4. The van der Waals surface area contributed by atoms with E-state index in [1.807, 2.05) is 12.3 Å². The summed E-state index contributed by atoms with van der Waals surface area (Å²) < 4.78 is 5.94. The first kappa shape index (κ1) is 19.6. The van der Waals surface area contributed by atoms with Crippen molar-refractivity contribution in [3.8, 4) is 0 Å². The number of thiophene rings is 1. The van der Waals surface area contributed by atoms with Crippen LogP contribution in [0.15, 0.2) is 42.0 Å². The van der Waals surface area contributed by atoms with Crippen LogP contribution < -0.4 is 0 Å². The van der Waals surface area contributed by atoms with E-state index >= 15 is 0 Å². The van der Waals surface area contributed by atoms with Crippen LogP contribution in [0.25, 0.3) is 5.57 Å². The molecule has 1 fully saturated rings. The van der Waals surface area contributed by atoms with Crippen LogP contribution in [0.1, 0.15) is 34.4 Å². The molecule has 0 aliphatic carbocycles. The number of benzene rings is 1. The van der Waals surface area contributed by atoms with Gasteiger partial charge in [-0.15, -0.1) is 11.3 Å². The third-order valence-corrected chi connectivity index (χ3v) is 6.17. The lowest BCUT2D eigenvalue weighted by molar-refractivity contribution is -0.143. The molecule has 1 aliphatic rings. The Balaban J connectivity index is 1.67. The molecule has 5 heteroatoms. The van der Waals surface area contributed by atoms with Crippen molar-refractivity contribution in [3.63, 3.8) is 0 Å². The Kier molecular flexibility index (Phi) is 6.69. The molecule has 0 saturated carbocycles. The van der Waals surface area contributed by atoms with Crippen LogP contribution in [-0.4, -0.2) is 42.2 Å². The van der Waals surface area contributed by atoms with Crippen LogP contribution in [0.5, 0.6) is 0 Å². The van der Waals surface area contributed by atoms with Gasteiger partial charge in [0.05, 0.1) is 12.2 Å². The molecule has 2 aromatic rings. The zero-order chi connectivity index (χ0) is 19.2. The van der Waals surface area contributed by atoms with E-state index in [4.69, 9.17) is 4.74 Å². The maximum atomic E-state index is 11.2. The summed E-state index contributed by atoms with van der Waals surface area (Å²) in [5.41, 5.74) is 4.77. The second kappa shape index (κ2) is 9.20. The van der Waals surface area contributed by atoms with Gasteiger partial charge >= 0.3 is 5.97 Å². The zero-order valence-electron chi connectivity index (χ0n) is 16.0. The van der Waals surface area contributed by atoms with Crippen molar-refractivity contribution in [1.82, 2.24) is 4.90 Å². The molecule has 144 valence electrons. The quantitative estimate of drug-likeness (QED) is 0.560. The number of carboxylic acid groups (broad SMARTS) is 1. The van der Waals surface area contributed by atoms with Gasteiger partial charge in [0, 0.05) is 23.5 Å². The predicted octanol–water partition coefficient (Wildman–Crippen LogP) is 4.57. The lowest BCUT2D eigenvalue weighted by Gasteiger charge is -2.30. The highest BCUT2D eigenvalue weighted by Crippen LogP contribution is 2.32. The first-order valence-corrected chi connectivity index (χ1v) is 10.3. The zero-order valence-corrected chi connectivity index (χ0v) is 16.8. The Hall–Kier alpha value is -2.11. The number of nitrogens with zero attached hydrogens (tertiary/aromatic N) is 1. The molecule has 1 aromatic heterocycles. The number of likely N-dealkylation sites (tertiary alicyclic amines) is 1. The molecule has 1 aromatic carbocycles. The SMILES string of the molecule is Cc1ccccc1C(=COCCN1CCCC(C(=O)O)C1)c1sccc1C. The predicted molar refractivity (Wildman–Crippen MR) is 110 cm³/mol. The molecule has 0 bridgehead atoms. The molecule has 1 saturated heterocycles. The summed E-state index contributed by atoms with van der Waals surface area (Å²) in [6.45, 7) is 7.13. The molecule has 0 radical (unpaired) electrons. The minimum absolute atomic E-state index is 0.245. The van der Waals surface area contributed by atoms with Gasteiger partial charge in [-0.05, 0) is 61.4 Å². The molecule has 4 nitrogen and oxygen atoms in total. The highest BCUT2D eigenvalue weighted by atomic mass is 32.1. The fraction of sp³-hybridized carbons (Fsp3) is 0.409.